The number of nitro groups is 1. The molecule has 146 valence electrons. The van der Waals surface area contributed by atoms with Gasteiger partial charge in [-0.15, -0.1) is 0 Å². The maximum Gasteiger partial charge on any atom is 0.311 e. The number of nitrogens with zero attached hydrogens (tertiary/aromatic N) is 5. The Morgan fingerprint density at radius 3 is 2.90 bits per heavy atom. The maximum atomic E-state index is 12.4. The summed E-state index contributed by atoms with van der Waals surface area (Å²) in [4.78, 5) is 27.5. The highest BCUT2D eigenvalue weighted by molar-refractivity contribution is 6.04. The fourth-order valence-electron chi connectivity index (χ4n) is 2.92. The highest BCUT2D eigenvalue weighted by atomic mass is 16.6. The van der Waals surface area contributed by atoms with Crippen molar-refractivity contribution in [2.45, 2.75) is 6.54 Å². The molecule has 1 amide bonds. The van der Waals surface area contributed by atoms with Crippen LogP contribution in [0.25, 0.3) is 5.65 Å². The van der Waals surface area contributed by atoms with Crippen molar-refractivity contribution in [3.63, 3.8) is 0 Å². The van der Waals surface area contributed by atoms with Crippen LogP contribution in [0.4, 0.5) is 11.4 Å². The van der Waals surface area contributed by atoms with Gasteiger partial charge in [0.1, 0.15) is 5.65 Å². The molecule has 3 heterocycles. The summed E-state index contributed by atoms with van der Waals surface area (Å²) in [6, 6.07) is 9.77. The molecule has 0 atom stereocenters. The quantitative estimate of drug-likeness (QED) is 0.398. The molecule has 1 N–H and O–H groups in total. The number of amides is 1. The van der Waals surface area contributed by atoms with Gasteiger partial charge in [0.15, 0.2) is 5.75 Å². The number of anilines is 1. The maximum absolute atomic E-state index is 12.4. The lowest BCUT2D eigenvalue weighted by molar-refractivity contribution is -0.385. The number of fused-ring (bicyclic) bond motifs is 1. The number of nitro benzene ring substituents is 1. The second-order valence-electron chi connectivity index (χ2n) is 6.22. The Labute approximate surface area is 164 Å². The van der Waals surface area contributed by atoms with Gasteiger partial charge in [0.25, 0.3) is 5.91 Å². The van der Waals surface area contributed by atoms with Crippen LogP contribution in [0.2, 0.25) is 0 Å². The molecular formula is C19H16N6O4. The minimum atomic E-state index is -0.595. The summed E-state index contributed by atoms with van der Waals surface area (Å²) in [5.74, 6) is -0.394. The van der Waals surface area contributed by atoms with Crippen LogP contribution in [0.15, 0.2) is 61.2 Å². The molecule has 0 fully saturated rings. The van der Waals surface area contributed by atoms with Crippen molar-refractivity contribution in [2.24, 2.45) is 0 Å². The summed E-state index contributed by atoms with van der Waals surface area (Å²) in [7, 11) is 1.33. The van der Waals surface area contributed by atoms with Gasteiger partial charge in [-0.2, -0.15) is 5.10 Å². The Hall–Kier alpha value is -4.21. The van der Waals surface area contributed by atoms with Crippen LogP contribution in [0.3, 0.4) is 0 Å². The molecule has 0 bridgehead atoms. The van der Waals surface area contributed by atoms with Crippen molar-refractivity contribution in [1.82, 2.24) is 19.2 Å². The number of nitrogens with one attached hydrogen (secondary N) is 1. The Morgan fingerprint density at radius 1 is 1.28 bits per heavy atom. The number of benzene rings is 1. The van der Waals surface area contributed by atoms with Crippen LogP contribution in [-0.2, 0) is 6.54 Å². The van der Waals surface area contributed by atoms with Crippen molar-refractivity contribution in [1.29, 1.82) is 0 Å². The third-order valence-corrected chi connectivity index (χ3v) is 4.27. The molecule has 29 heavy (non-hydrogen) atoms. The zero-order chi connectivity index (χ0) is 20.4. The molecule has 0 saturated heterocycles. The molecular weight excluding hydrogens is 376 g/mol. The molecule has 4 rings (SSSR count). The zero-order valence-corrected chi connectivity index (χ0v) is 15.3. The third-order valence-electron chi connectivity index (χ3n) is 4.27. The van der Waals surface area contributed by atoms with E-state index >= 15 is 0 Å². The number of methoxy groups -OCH3 is 1. The summed E-state index contributed by atoms with van der Waals surface area (Å²) in [5, 5.41) is 18.0. The van der Waals surface area contributed by atoms with Gasteiger partial charge in [-0.05, 0) is 24.3 Å². The second kappa shape index (κ2) is 7.43. The monoisotopic (exact) mass is 392 g/mol. The smallest absolute Gasteiger partial charge is 0.311 e. The molecule has 10 heteroatoms. The van der Waals surface area contributed by atoms with Gasteiger partial charge in [0.2, 0.25) is 0 Å². The molecule has 0 aliphatic rings. The zero-order valence-electron chi connectivity index (χ0n) is 15.3. The first kappa shape index (κ1) is 18.2. The van der Waals surface area contributed by atoms with Gasteiger partial charge in [-0.25, -0.2) is 4.98 Å². The molecule has 0 aliphatic heterocycles. The van der Waals surface area contributed by atoms with E-state index in [2.05, 4.69) is 15.4 Å². The van der Waals surface area contributed by atoms with Gasteiger partial charge in [-0.1, -0.05) is 6.07 Å². The first-order valence-electron chi connectivity index (χ1n) is 8.62. The molecule has 10 nitrogen and oxygen atoms in total. The molecule has 1 aromatic carbocycles. The van der Waals surface area contributed by atoms with Crippen LogP contribution in [-0.4, -0.2) is 37.1 Å². The van der Waals surface area contributed by atoms with Crippen molar-refractivity contribution < 1.29 is 14.5 Å². The van der Waals surface area contributed by atoms with E-state index in [1.54, 1.807) is 10.9 Å². The fourth-order valence-corrected chi connectivity index (χ4v) is 2.92. The highest BCUT2D eigenvalue weighted by Gasteiger charge is 2.18. The minimum absolute atomic E-state index is 0.0897. The van der Waals surface area contributed by atoms with Crippen LogP contribution < -0.4 is 10.1 Å². The fraction of sp³-hybridized carbons (Fsp3) is 0.105. The number of pyridine rings is 1. The second-order valence-corrected chi connectivity index (χ2v) is 6.22. The number of imidazole rings is 1. The first-order chi connectivity index (χ1) is 14.0. The van der Waals surface area contributed by atoms with E-state index in [1.807, 2.05) is 35.0 Å². The van der Waals surface area contributed by atoms with Gasteiger partial charge in [-0.3, -0.25) is 19.6 Å². The Bertz CT molecular complexity index is 1180. The van der Waals surface area contributed by atoms with Gasteiger partial charge < -0.3 is 14.5 Å². The van der Waals surface area contributed by atoms with Gasteiger partial charge in [0, 0.05) is 30.2 Å². The minimum Gasteiger partial charge on any atom is -0.490 e. The average Bonchev–Trinajstić information content (AvgIpc) is 3.33. The number of carbonyl (C=O) groups is 1. The van der Waals surface area contributed by atoms with Gasteiger partial charge in [0.05, 0.1) is 36.2 Å². The molecule has 0 spiro atoms. The van der Waals surface area contributed by atoms with E-state index in [0.717, 1.165) is 11.3 Å². The number of carbonyl (C=O) groups excluding carboxylic acids is 1. The average molecular weight is 392 g/mol. The van der Waals surface area contributed by atoms with Crippen LogP contribution in [0, 0.1) is 10.1 Å². The molecule has 0 radical (unpaired) electrons. The normalized spacial score (nSPS) is 10.8. The Balaban J connectivity index is 1.48. The van der Waals surface area contributed by atoms with Crippen molar-refractivity contribution in [2.75, 3.05) is 12.4 Å². The highest BCUT2D eigenvalue weighted by Crippen LogP contribution is 2.27. The lowest BCUT2D eigenvalue weighted by Gasteiger charge is -2.05. The summed E-state index contributed by atoms with van der Waals surface area (Å²) >= 11 is 0. The largest absolute Gasteiger partial charge is 0.490 e. The summed E-state index contributed by atoms with van der Waals surface area (Å²) in [6.45, 7) is 0.436. The standard InChI is InChI=1S/C19H16N6O4/c1-29-17-6-5-13(8-16(17)25(27)28)19(26)22-14-9-20-24(11-14)12-15-10-23-7-3-2-4-18(23)21-15/h2-11H,12H2,1H3,(H,22,26). The van der Waals surface area contributed by atoms with Crippen molar-refractivity contribution in [3.8, 4) is 5.75 Å². The molecule has 0 saturated carbocycles. The summed E-state index contributed by atoms with van der Waals surface area (Å²) in [6.07, 6.45) is 6.99. The molecule has 0 aliphatic carbocycles. The van der Waals surface area contributed by atoms with E-state index in [9.17, 15) is 14.9 Å². The van der Waals surface area contributed by atoms with Crippen molar-refractivity contribution in [3.05, 3.63) is 82.6 Å². The summed E-state index contributed by atoms with van der Waals surface area (Å²) in [5.41, 5.74) is 2.00. The molecule has 0 unspecified atom stereocenters. The van der Waals surface area contributed by atoms with Crippen molar-refractivity contribution >= 4 is 22.9 Å². The number of aromatic nitrogens is 4. The number of rotatable bonds is 6. The first-order valence-corrected chi connectivity index (χ1v) is 8.62. The Morgan fingerprint density at radius 2 is 2.14 bits per heavy atom. The molecule has 4 aromatic rings. The van der Waals surface area contributed by atoms with Crippen LogP contribution >= 0.6 is 0 Å². The van der Waals surface area contributed by atoms with Crippen LogP contribution in [0.1, 0.15) is 16.1 Å². The van der Waals surface area contributed by atoms with E-state index in [4.69, 9.17) is 4.74 Å². The Kier molecular flexibility index (Phi) is 4.65. The topological polar surface area (TPSA) is 117 Å². The molecule has 3 aromatic heterocycles. The van der Waals surface area contributed by atoms with E-state index in [0.29, 0.717) is 12.2 Å². The van der Waals surface area contributed by atoms with Gasteiger partial charge >= 0.3 is 5.69 Å². The lowest BCUT2D eigenvalue weighted by Crippen LogP contribution is -2.12. The number of ether oxygens (including phenoxy) is 1. The number of hydrogen-bond donors (Lipinski definition) is 1. The van der Waals surface area contributed by atoms with E-state index < -0.39 is 10.8 Å². The lowest BCUT2D eigenvalue weighted by atomic mass is 10.1. The third kappa shape index (κ3) is 3.76. The van der Waals surface area contributed by atoms with E-state index in [1.165, 1.54) is 31.5 Å². The predicted octanol–water partition coefficient (Wildman–Crippen LogP) is 2.75. The predicted molar refractivity (Wildman–Crippen MR) is 104 cm³/mol. The van der Waals surface area contributed by atoms with E-state index in [-0.39, 0.29) is 17.0 Å². The number of hydrogen-bond acceptors (Lipinski definition) is 6. The SMILES string of the molecule is COc1ccc(C(=O)Nc2cnn(Cc3cn4ccccc4n3)c2)cc1[N+](=O)[O-]. The van der Waals surface area contributed by atoms with Crippen LogP contribution in [0.5, 0.6) is 5.75 Å². The summed E-state index contributed by atoms with van der Waals surface area (Å²) < 4.78 is 8.51.